The van der Waals surface area contributed by atoms with Gasteiger partial charge < -0.3 is 19.7 Å². The van der Waals surface area contributed by atoms with Crippen molar-refractivity contribution in [2.24, 2.45) is 0 Å². The third kappa shape index (κ3) is 10.1. The van der Waals surface area contributed by atoms with Crippen LogP contribution in [0.4, 0.5) is 0 Å². The molecule has 0 aromatic rings. The lowest BCUT2D eigenvalue weighted by atomic mass is 10.7. The summed E-state index contributed by atoms with van der Waals surface area (Å²) >= 11 is 5.17. The molecule has 0 aliphatic heterocycles. The smallest absolute Gasteiger partial charge is 0.151 e. The molecule has 0 saturated heterocycles. The van der Waals surface area contributed by atoms with Crippen LogP contribution in [-0.2, 0) is 9.47 Å². The molecule has 0 fully saturated rings. The summed E-state index contributed by atoms with van der Waals surface area (Å²) in [7, 11) is 0. The SMILES string of the molecule is OCCOCCOCC(O)Cl. The van der Waals surface area contributed by atoms with Gasteiger partial charge in [0.2, 0.25) is 0 Å². The number of aliphatic hydroxyl groups excluding tert-OH is 2. The van der Waals surface area contributed by atoms with Crippen LogP contribution in [-0.4, -0.2) is 48.8 Å². The van der Waals surface area contributed by atoms with Crippen molar-refractivity contribution >= 4 is 11.6 Å². The van der Waals surface area contributed by atoms with Gasteiger partial charge in [0.15, 0.2) is 5.56 Å². The van der Waals surface area contributed by atoms with E-state index < -0.39 is 5.56 Å². The zero-order valence-corrected chi connectivity index (χ0v) is 6.96. The third-order valence-corrected chi connectivity index (χ3v) is 0.989. The minimum absolute atomic E-state index is 0.0120. The Labute approximate surface area is 70.7 Å². The molecule has 0 aromatic carbocycles. The number of hydrogen-bond acceptors (Lipinski definition) is 4. The molecule has 1 unspecified atom stereocenters. The first kappa shape index (κ1) is 11.1. The Bertz CT molecular complexity index is 79.0. The Morgan fingerprint density at radius 2 is 1.82 bits per heavy atom. The van der Waals surface area contributed by atoms with Crippen LogP contribution in [0.1, 0.15) is 0 Å². The van der Waals surface area contributed by atoms with E-state index in [0.29, 0.717) is 19.8 Å². The largest absolute Gasteiger partial charge is 0.394 e. The van der Waals surface area contributed by atoms with Crippen molar-refractivity contribution in [3.8, 4) is 0 Å². The summed E-state index contributed by atoms with van der Waals surface area (Å²) in [6, 6.07) is 0. The van der Waals surface area contributed by atoms with Crippen molar-refractivity contribution in [1.29, 1.82) is 0 Å². The molecule has 1 atom stereocenters. The molecule has 0 saturated carbocycles. The quantitative estimate of drug-likeness (QED) is 0.417. The maximum Gasteiger partial charge on any atom is 0.151 e. The molecule has 0 aliphatic carbocycles. The maximum absolute atomic E-state index is 8.51. The molecule has 0 amide bonds. The minimum Gasteiger partial charge on any atom is -0.394 e. The van der Waals surface area contributed by atoms with Crippen LogP contribution in [0.5, 0.6) is 0 Å². The fraction of sp³-hybridized carbons (Fsp3) is 1.00. The number of hydrogen-bond donors (Lipinski definition) is 2. The molecule has 0 radical (unpaired) electrons. The fourth-order valence-electron chi connectivity index (χ4n) is 0.465. The highest BCUT2D eigenvalue weighted by molar-refractivity contribution is 6.19. The van der Waals surface area contributed by atoms with E-state index >= 15 is 0 Å². The number of ether oxygens (including phenoxy) is 2. The molecule has 0 aliphatic rings. The van der Waals surface area contributed by atoms with Gasteiger partial charge >= 0.3 is 0 Å². The molecule has 68 valence electrons. The first-order valence-corrected chi connectivity index (χ1v) is 3.79. The van der Waals surface area contributed by atoms with Crippen molar-refractivity contribution in [1.82, 2.24) is 0 Å². The van der Waals surface area contributed by atoms with Gasteiger partial charge in [-0.2, -0.15) is 0 Å². The molecule has 11 heavy (non-hydrogen) atoms. The Morgan fingerprint density at radius 1 is 1.18 bits per heavy atom. The van der Waals surface area contributed by atoms with Gasteiger partial charge in [-0.1, -0.05) is 11.6 Å². The van der Waals surface area contributed by atoms with E-state index in [1.165, 1.54) is 0 Å². The average molecular weight is 185 g/mol. The standard InChI is InChI=1S/C6H13ClO4/c7-6(9)5-11-4-3-10-2-1-8/h6,8-9H,1-5H2. The van der Waals surface area contributed by atoms with Crippen molar-refractivity contribution in [2.75, 3.05) is 33.0 Å². The second kappa shape index (κ2) is 8.23. The van der Waals surface area contributed by atoms with E-state index in [0.717, 1.165) is 0 Å². The number of halogens is 1. The summed E-state index contributed by atoms with van der Waals surface area (Å²) < 4.78 is 9.72. The van der Waals surface area contributed by atoms with Crippen molar-refractivity contribution < 1.29 is 19.7 Å². The van der Waals surface area contributed by atoms with Crippen LogP contribution in [0, 0.1) is 0 Å². The van der Waals surface area contributed by atoms with Crippen molar-refractivity contribution in [3.05, 3.63) is 0 Å². The Morgan fingerprint density at radius 3 is 2.36 bits per heavy atom. The van der Waals surface area contributed by atoms with Gasteiger partial charge in [0.25, 0.3) is 0 Å². The van der Waals surface area contributed by atoms with Gasteiger partial charge in [-0.05, 0) is 0 Å². The summed E-state index contributed by atoms with van der Waals surface area (Å²) in [5, 5.41) is 16.8. The second-order valence-corrected chi connectivity index (χ2v) is 2.35. The minimum atomic E-state index is -0.951. The predicted octanol–water partition coefficient (Wildman–Crippen LogP) is -0.431. The van der Waals surface area contributed by atoms with Gasteiger partial charge in [0.05, 0.1) is 33.0 Å². The van der Waals surface area contributed by atoms with E-state index in [9.17, 15) is 0 Å². The van der Waals surface area contributed by atoms with E-state index in [1.54, 1.807) is 0 Å². The molecule has 0 aromatic heterocycles. The van der Waals surface area contributed by atoms with Crippen molar-refractivity contribution in [3.63, 3.8) is 0 Å². The number of aliphatic hydroxyl groups is 2. The second-order valence-electron chi connectivity index (χ2n) is 1.85. The van der Waals surface area contributed by atoms with Crippen molar-refractivity contribution in [2.45, 2.75) is 5.56 Å². The maximum atomic E-state index is 8.51. The highest BCUT2D eigenvalue weighted by Crippen LogP contribution is 1.89. The van der Waals surface area contributed by atoms with Crippen LogP contribution in [0.25, 0.3) is 0 Å². The van der Waals surface area contributed by atoms with E-state index in [2.05, 4.69) is 0 Å². The first-order chi connectivity index (χ1) is 5.27. The Hall–Kier alpha value is 0.130. The highest BCUT2D eigenvalue weighted by Gasteiger charge is 1.96. The first-order valence-electron chi connectivity index (χ1n) is 3.36. The van der Waals surface area contributed by atoms with Crippen LogP contribution in [0.2, 0.25) is 0 Å². The topological polar surface area (TPSA) is 58.9 Å². The Kier molecular flexibility index (Phi) is 8.33. The molecule has 0 rings (SSSR count). The highest BCUT2D eigenvalue weighted by atomic mass is 35.5. The zero-order chi connectivity index (χ0) is 8.53. The van der Waals surface area contributed by atoms with Gasteiger partial charge in [-0.3, -0.25) is 0 Å². The molecule has 0 heterocycles. The lowest BCUT2D eigenvalue weighted by Gasteiger charge is -2.04. The summed E-state index contributed by atoms with van der Waals surface area (Å²) in [6.07, 6.45) is 0. The van der Waals surface area contributed by atoms with Gasteiger partial charge in [0.1, 0.15) is 0 Å². The number of alkyl halides is 1. The fourth-order valence-corrected chi connectivity index (χ4v) is 0.554. The zero-order valence-electron chi connectivity index (χ0n) is 6.20. The molecule has 0 bridgehead atoms. The monoisotopic (exact) mass is 184 g/mol. The molecule has 0 spiro atoms. The van der Waals surface area contributed by atoms with Crippen LogP contribution >= 0.6 is 11.6 Å². The van der Waals surface area contributed by atoms with E-state index in [1.807, 2.05) is 0 Å². The molecule has 4 nitrogen and oxygen atoms in total. The lowest BCUT2D eigenvalue weighted by molar-refractivity contribution is 0.0154. The molecule has 5 heteroatoms. The predicted molar refractivity (Wildman–Crippen MR) is 40.6 cm³/mol. The third-order valence-electron chi connectivity index (χ3n) is 0.863. The summed E-state index contributed by atoms with van der Waals surface area (Å²) in [5.74, 6) is 0. The molecular formula is C6H13ClO4. The molecular weight excluding hydrogens is 172 g/mol. The average Bonchev–Trinajstić information content (AvgIpc) is 1.96. The van der Waals surface area contributed by atoms with Crippen LogP contribution in [0.15, 0.2) is 0 Å². The number of rotatable bonds is 7. The Balaban J connectivity index is 2.80. The van der Waals surface area contributed by atoms with E-state index in [4.69, 9.17) is 31.3 Å². The van der Waals surface area contributed by atoms with Gasteiger partial charge in [0, 0.05) is 0 Å². The normalized spacial score (nSPS) is 13.4. The lowest BCUT2D eigenvalue weighted by Crippen LogP contribution is -2.12. The van der Waals surface area contributed by atoms with Gasteiger partial charge in [-0.15, -0.1) is 0 Å². The van der Waals surface area contributed by atoms with E-state index in [-0.39, 0.29) is 13.2 Å². The summed E-state index contributed by atoms with van der Waals surface area (Å²) in [6.45, 7) is 1.21. The summed E-state index contributed by atoms with van der Waals surface area (Å²) in [5.41, 5.74) is -0.951. The van der Waals surface area contributed by atoms with Crippen LogP contribution in [0.3, 0.4) is 0 Å². The molecule has 2 N–H and O–H groups in total. The van der Waals surface area contributed by atoms with Crippen LogP contribution < -0.4 is 0 Å². The summed E-state index contributed by atoms with van der Waals surface area (Å²) in [4.78, 5) is 0. The van der Waals surface area contributed by atoms with Gasteiger partial charge in [-0.25, -0.2) is 0 Å².